The first-order valence-corrected chi connectivity index (χ1v) is 5.12. The molecule has 2 atom stereocenters. The van der Waals surface area contributed by atoms with E-state index in [1.807, 2.05) is 0 Å². The minimum absolute atomic E-state index is 0.229. The topological polar surface area (TPSA) is 0 Å². The third kappa shape index (κ3) is 0.818. The Morgan fingerprint density at radius 1 is 1.30 bits per heavy atom. The molecule has 58 valence electrons. The Hall–Kier alpha value is 0.590. The summed E-state index contributed by atoms with van der Waals surface area (Å²) in [5.41, 5.74) is 0. The van der Waals surface area contributed by atoms with E-state index < -0.39 is 5.92 Å². The van der Waals surface area contributed by atoms with Crippen LogP contribution in [0.25, 0.3) is 0 Å². The van der Waals surface area contributed by atoms with Crippen LogP contribution in [0.1, 0.15) is 12.8 Å². The average molecular weight is 258 g/mol. The monoisotopic (exact) mass is 258 g/mol. The minimum Gasteiger partial charge on any atom is -0.206 e. The first-order chi connectivity index (χ1) is 4.66. The largest absolute Gasteiger partial charge is 0.254 e. The first-order valence-electron chi connectivity index (χ1n) is 3.60. The summed E-state index contributed by atoms with van der Waals surface area (Å²) in [6.07, 6.45) is 1.56. The smallest absolute Gasteiger partial charge is 0.206 e. The Bertz CT molecular complexity index is 144. The number of alkyl halides is 3. The van der Waals surface area contributed by atoms with E-state index >= 15 is 0 Å². The fraction of sp³-hybridized carbons (Fsp3) is 1.00. The molecule has 0 N–H and O–H groups in total. The zero-order valence-electron chi connectivity index (χ0n) is 5.49. The van der Waals surface area contributed by atoms with Gasteiger partial charge in [-0.1, -0.05) is 22.6 Å². The Morgan fingerprint density at radius 3 is 2.20 bits per heavy atom. The van der Waals surface area contributed by atoms with Crippen LogP contribution in [0.4, 0.5) is 8.78 Å². The Morgan fingerprint density at radius 2 is 1.80 bits per heavy atom. The van der Waals surface area contributed by atoms with E-state index in [2.05, 4.69) is 22.6 Å². The van der Waals surface area contributed by atoms with Crippen molar-refractivity contribution in [3.63, 3.8) is 0 Å². The summed E-state index contributed by atoms with van der Waals surface area (Å²) < 4.78 is 26.2. The second-order valence-electron chi connectivity index (χ2n) is 3.38. The first kappa shape index (κ1) is 7.25. The maximum Gasteiger partial charge on any atom is 0.254 e. The molecule has 0 bridgehead atoms. The highest BCUT2D eigenvalue weighted by molar-refractivity contribution is 14.1. The second-order valence-corrected chi connectivity index (χ2v) is 4.26. The molecule has 0 aromatic rings. The molecule has 2 aliphatic rings. The number of halogens is 3. The van der Waals surface area contributed by atoms with Gasteiger partial charge in [0, 0.05) is 16.3 Å². The molecule has 0 radical (unpaired) electrons. The molecule has 0 saturated heterocycles. The van der Waals surface area contributed by atoms with Crippen LogP contribution >= 0.6 is 22.6 Å². The summed E-state index contributed by atoms with van der Waals surface area (Å²) in [5, 5.41) is 0. The summed E-state index contributed by atoms with van der Waals surface area (Å²) >= 11 is 2.29. The molecule has 0 aromatic heterocycles. The van der Waals surface area contributed by atoms with Crippen LogP contribution in [-0.4, -0.2) is 10.4 Å². The normalized spacial score (nSPS) is 48.9. The molecule has 0 amide bonds. The molecule has 2 rings (SSSR count). The maximum atomic E-state index is 12.5. The quantitative estimate of drug-likeness (QED) is 0.501. The van der Waals surface area contributed by atoms with Crippen LogP contribution in [0, 0.1) is 17.8 Å². The van der Waals surface area contributed by atoms with Crippen molar-refractivity contribution >= 4 is 22.6 Å². The third-order valence-corrected chi connectivity index (χ3v) is 4.00. The van der Waals surface area contributed by atoms with Crippen LogP contribution in [0.5, 0.6) is 0 Å². The van der Waals surface area contributed by atoms with Crippen LogP contribution in [0.2, 0.25) is 0 Å². The van der Waals surface area contributed by atoms with E-state index in [9.17, 15) is 8.78 Å². The summed E-state index contributed by atoms with van der Waals surface area (Å²) in [5.74, 6) is -2.13. The molecule has 0 spiro atoms. The van der Waals surface area contributed by atoms with E-state index in [0.717, 1.165) is 17.3 Å². The third-order valence-electron chi connectivity index (χ3n) is 2.76. The lowest BCUT2D eigenvalue weighted by atomic mass is 10.1. The van der Waals surface area contributed by atoms with E-state index in [4.69, 9.17) is 0 Å². The van der Waals surface area contributed by atoms with Crippen LogP contribution in [0.3, 0.4) is 0 Å². The van der Waals surface area contributed by atoms with Gasteiger partial charge in [-0.3, -0.25) is 0 Å². The zero-order valence-corrected chi connectivity index (χ0v) is 7.64. The minimum atomic E-state index is -2.26. The lowest BCUT2D eigenvalue weighted by Crippen LogP contribution is -2.08. The van der Waals surface area contributed by atoms with Gasteiger partial charge in [0.2, 0.25) is 0 Å². The highest BCUT2D eigenvalue weighted by Gasteiger charge is 2.71. The molecule has 2 fully saturated rings. The molecular weight excluding hydrogens is 249 g/mol. The van der Waals surface area contributed by atoms with Gasteiger partial charge in [0.15, 0.2) is 0 Å². The molecule has 0 heterocycles. The van der Waals surface area contributed by atoms with Gasteiger partial charge in [-0.05, 0) is 18.8 Å². The average Bonchev–Trinajstić information content (AvgIpc) is 2.37. The predicted octanol–water partition coefficient (Wildman–Crippen LogP) is 2.71. The summed E-state index contributed by atoms with van der Waals surface area (Å²) in [7, 11) is 0. The molecule has 2 saturated carbocycles. The molecule has 0 aromatic carbocycles. The lowest BCUT2D eigenvalue weighted by Gasteiger charge is -2.09. The van der Waals surface area contributed by atoms with Crippen LogP contribution in [-0.2, 0) is 0 Å². The molecule has 2 unspecified atom stereocenters. The van der Waals surface area contributed by atoms with Crippen LogP contribution < -0.4 is 0 Å². The number of hydrogen-bond acceptors (Lipinski definition) is 0. The number of hydrogen-bond donors (Lipinski definition) is 0. The van der Waals surface area contributed by atoms with Crippen molar-refractivity contribution in [3.05, 3.63) is 0 Å². The van der Waals surface area contributed by atoms with E-state index in [-0.39, 0.29) is 11.8 Å². The van der Waals surface area contributed by atoms with Crippen molar-refractivity contribution in [2.75, 3.05) is 4.43 Å². The van der Waals surface area contributed by atoms with Crippen molar-refractivity contribution in [2.24, 2.45) is 17.8 Å². The molecule has 0 nitrogen and oxygen atoms in total. The highest BCUT2D eigenvalue weighted by Crippen LogP contribution is 2.65. The van der Waals surface area contributed by atoms with Gasteiger partial charge >= 0.3 is 0 Å². The van der Waals surface area contributed by atoms with Crippen molar-refractivity contribution in [1.29, 1.82) is 0 Å². The van der Waals surface area contributed by atoms with Gasteiger partial charge in [0.05, 0.1) is 0 Å². The van der Waals surface area contributed by atoms with E-state index in [1.165, 1.54) is 0 Å². The molecule has 0 aliphatic heterocycles. The van der Waals surface area contributed by atoms with Crippen molar-refractivity contribution in [3.8, 4) is 0 Å². The SMILES string of the molecule is FC1(F)C2CC(CI)CC21. The Balaban J connectivity index is 1.96. The van der Waals surface area contributed by atoms with Gasteiger partial charge in [0.1, 0.15) is 0 Å². The molecule has 3 heteroatoms. The second kappa shape index (κ2) is 2.05. The fourth-order valence-electron chi connectivity index (χ4n) is 2.04. The van der Waals surface area contributed by atoms with Crippen LogP contribution in [0.15, 0.2) is 0 Å². The summed E-state index contributed by atoms with van der Waals surface area (Å²) in [6.45, 7) is 0. The summed E-state index contributed by atoms with van der Waals surface area (Å²) in [4.78, 5) is 0. The van der Waals surface area contributed by atoms with Crippen molar-refractivity contribution in [2.45, 2.75) is 18.8 Å². The Kier molecular flexibility index (Phi) is 1.48. The standard InChI is InChI=1S/C7H9F2I/c8-7(9)5-1-4(3-10)2-6(5)7/h4-6H,1-3H2. The van der Waals surface area contributed by atoms with Gasteiger partial charge in [-0.2, -0.15) is 0 Å². The number of rotatable bonds is 1. The molecule has 2 aliphatic carbocycles. The molecule has 10 heavy (non-hydrogen) atoms. The Labute approximate surface area is 72.5 Å². The van der Waals surface area contributed by atoms with E-state index in [1.54, 1.807) is 0 Å². The summed E-state index contributed by atoms with van der Waals surface area (Å²) in [6, 6.07) is 0. The lowest BCUT2D eigenvalue weighted by molar-refractivity contribution is 0.0660. The maximum absolute atomic E-state index is 12.5. The fourth-order valence-corrected chi connectivity index (χ4v) is 2.76. The van der Waals surface area contributed by atoms with Crippen molar-refractivity contribution in [1.82, 2.24) is 0 Å². The van der Waals surface area contributed by atoms with Gasteiger partial charge in [-0.25, -0.2) is 8.78 Å². The predicted molar refractivity (Wildman–Crippen MR) is 43.5 cm³/mol. The van der Waals surface area contributed by atoms with Gasteiger partial charge < -0.3 is 0 Å². The van der Waals surface area contributed by atoms with Gasteiger partial charge in [0.25, 0.3) is 5.92 Å². The van der Waals surface area contributed by atoms with Crippen molar-refractivity contribution < 1.29 is 8.78 Å². The molecular formula is C7H9F2I. The highest BCUT2D eigenvalue weighted by atomic mass is 127. The van der Waals surface area contributed by atoms with E-state index in [0.29, 0.717) is 5.92 Å². The zero-order chi connectivity index (χ0) is 7.35. The van der Waals surface area contributed by atoms with Gasteiger partial charge in [-0.15, -0.1) is 0 Å². The number of fused-ring (bicyclic) bond motifs is 1.